The molecule has 5 nitrogen and oxygen atoms in total. The van der Waals surface area contributed by atoms with Gasteiger partial charge in [-0.25, -0.2) is 0 Å². The number of amides is 1. The number of likely N-dealkylation sites (N-methyl/N-ethyl adjacent to an activating group) is 1. The lowest BCUT2D eigenvalue weighted by molar-refractivity contribution is -0.122. The zero-order valence-corrected chi connectivity index (χ0v) is 15.7. The maximum Gasteiger partial charge on any atom is 0.234 e. The second-order valence-corrected chi connectivity index (χ2v) is 7.36. The Balaban J connectivity index is 1.33. The highest BCUT2D eigenvalue weighted by Crippen LogP contribution is 2.31. The van der Waals surface area contributed by atoms with Crippen molar-refractivity contribution in [1.82, 2.24) is 10.2 Å². The first-order chi connectivity index (χ1) is 13.2. The summed E-state index contributed by atoms with van der Waals surface area (Å²) in [4.78, 5) is 14.6. The van der Waals surface area contributed by atoms with Gasteiger partial charge in [-0.15, -0.1) is 0 Å². The molecule has 2 aromatic rings. The van der Waals surface area contributed by atoms with Crippen molar-refractivity contribution in [1.29, 1.82) is 0 Å². The molecular weight excluding hydrogens is 340 g/mol. The Morgan fingerprint density at radius 3 is 2.85 bits per heavy atom. The van der Waals surface area contributed by atoms with Crippen molar-refractivity contribution in [2.75, 3.05) is 26.8 Å². The molecule has 0 fully saturated rings. The Kier molecular flexibility index (Phi) is 5.30. The van der Waals surface area contributed by atoms with E-state index in [-0.39, 0.29) is 11.9 Å². The molecule has 2 aromatic carbocycles. The number of ether oxygens (including phenoxy) is 2. The van der Waals surface area contributed by atoms with Crippen LogP contribution >= 0.6 is 0 Å². The summed E-state index contributed by atoms with van der Waals surface area (Å²) >= 11 is 0. The fraction of sp³-hybridized carbons (Fsp3) is 0.409. The minimum absolute atomic E-state index is 0.0664. The van der Waals surface area contributed by atoms with Gasteiger partial charge in [0.15, 0.2) is 11.5 Å². The summed E-state index contributed by atoms with van der Waals surface area (Å²) in [7, 11) is 1.96. The number of rotatable bonds is 5. The summed E-state index contributed by atoms with van der Waals surface area (Å²) in [6, 6.07) is 14.5. The molecule has 0 saturated heterocycles. The highest BCUT2D eigenvalue weighted by Gasteiger charge is 2.22. The third-order valence-corrected chi connectivity index (χ3v) is 5.18. The molecule has 0 aromatic heterocycles. The highest BCUT2D eigenvalue weighted by molar-refractivity contribution is 5.78. The normalized spacial score (nSPS) is 18.1. The van der Waals surface area contributed by atoms with E-state index in [1.807, 2.05) is 30.1 Å². The van der Waals surface area contributed by atoms with Gasteiger partial charge in [0, 0.05) is 6.54 Å². The number of hydrogen-bond donors (Lipinski definition) is 1. The molecule has 1 unspecified atom stereocenters. The van der Waals surface area contributed by atoms with Gasteiger partial charge in [-0.05, 0) is 55.1 Å². The maximum atomic E-state index is 12.6. The summed E-state index contributed by atoms with van der Waals surface area (Å²) in [6.07, 6.45) is 3.23. The van der Waals surface area contributed by atoms with Crippen LogP contribution in [0.5, 0.6) is 11.5 Å². The minimum atomic E-state index is 0.0664. The van der Waals surface area contributed by atoms with E-state index in [0.717, 1.165) is 36.3 Å². The molecule has 27 heavy (non-hydrogen) atoms. The highest BCUT2D eigenvalue weighted by atomic mass is 16.6. The number of carbonyl (C=O) groups excluding carboxylic acids is 1. The van der Waals surface area contributed by atoms with Crippen molar-refractivity contribution in [2.45, 2.75) is 31.8 Å². The van der Waals surface area contributed by atoms with E-state index in [2.05, 4.69) is 29.6 Å². The molecule has 4 rings (SSSR count). The van der Waals surface area contributed by atoms with Gasteiger partial charge in [0.1, 0.15) is 13.2 Å². The van der Waals surface area contributed by atoms with Crippen LogP contribution in [0.15, 0.2) is 42.5 Å². The lowest BCUT2D eigenvalue weighted by Crippen LogP contribution is -2.38. The van der Waals surface area contributed by atoms with Crippen LogP contribution in [0.25, 0.3) is 0 Å². The number of carbonyl (C=O) groups is 1. The monoisotopic (exact) mass is 366 g/mol. The molecule has 0 radical (unpaired) electrons. The molecule has 1 atom stereocenters. The first-order valence-corrected chi connectivity index (χ1v) is 9.63. The molecular formula is C22H26N2O3. The fourth-order valence-electron chi connectivity index (χ4n) is 3.94. The molecule has 142 valence electrons. The van der Waals surface area contributed by atoms with Gasteiger partial charge in [-0.3, -0.25) is 9.69 Å². The first kappa shape index (κ1) is 17.9. The van der Waals surface area contributed by atoms with E-state index in [1.54, 1.807) is 0 Å². The molecule has 1 aliphatic heterocycles. The van der Waals surface area contributed by atoms with Gasteiger partial charge in [-0.2, -0.15) is 0 Å². The largest absolute Gasteiger partial charge is 0.486 e. The van der Waals surface area contributed by atoms with Crippen LogP contribution in [0.3, 0.4) is 0 Å². The third kappa shape index (κ3) is 4.25. The number of nitrogens with one attached hydrogen (secondary N) is 1. The standard InChI is InChI=1S/C22H26N2O3/c1-24(14-16-9-10-20-21(13-16)27-12-11-26-20)15-22(25)23-19-8-4-6-17-5-2-3-7-18(17)19/h2-3,5,7,9-10,13,19H,4,6,8,11-12,14-15H2,1H3,(H,23,25). The Morgan fingerprint density at radius 1 is 1.15 bits per heavy atom. The second kappa shape index (κ2) is 8.01. The van der Waals surface area contributed by atoms with Crippen molar-refractivity contribution in [3.8, 4) is 11.5 Å². The van der Waals surface area contributed by atoms with Crippen molar-refractivity contribution in [2.24, 2.45) is 0 Å². The molecule has 0 spiro atoms. The summed E-state index contributed by atoms with van der Waals surface area (Å²) in [5, 5.41) is 3.22. The molecule has 5 heteroatoms. The smallest absolute Gasteiger partial charge is 0.234 e. The number of fused-ring (bicyclic) bond motifs is 2. The van der Waals surface area contributed by atoms with Crippen LogP contribution in [-0.4, -0.2) is 37.6 Å². The van der Waals surface area contributed by atoms with Crippen LogP contribution in [0.2, 0.25) is 0 Å². The van der Waals surface area contributed by atoms with Crippen LogP contribution in [0.1, 0.15) is 35.6 Å². The topological polar surface area (TPSA) is 50.8 Å². The Hall–Kier alpha value is -2.53. The first-order valence-electron chi connectivity index (χ1n) is 9.63. The van der Waals surface area contributed by atoms with Gasteiger partial charge in [0.05, 0.1) is 12.6 Å². The van der Waals surface area contributed by atoms with Gasteiger partial charge >= 0.3 is 0 Å². The van der Waals surface area contributed by atoms with Crippen LogP contribution in [0, 0.1) is 0 Å². The number of hydrogen-bond acceptors (Lipinski definition) is 4. The lowest BCUT2D eigenvalue weighted by Gasteiger charge is -2.27. The fourth-order valence-corrected chi connectivity index (χ4v) is 3.94. The molecule has 1 aliphatic carbocycles. The quantitative estimate of drug-likeness (QED) is 0.884. The average Bonchev–Trinajstić information content (AvgIpc) is 2.68. The van der Waals surface area contributed by atoms with E-state index in [4.69, 9.17) is 9.47 Å². The van der Waals surface area contributed by atoms with E-state index in [0.29, 0.717) is 26.3 Å². The second-order valence-electron chi connectivity index (χ2n) is 7.36. The molecule has 1 N–H and O–H groups in total. The van der Waals surface area contributed by atoms with E-state index in [1.165, 1.54) is 11.1 Å². The van der Waals surface area contributed by atoms with Gasteiger partial charge in [0.2, 0.25) is 5.91 Å². The van der Waals surface area contributed by atoms with Crippen LogP contribution in [-0.2, 0) is 17.8 Å². The van der Waals surface area contributed by atoms with Crippen molar-refractivity contribution in [3.05, 3.63) is 59.2 Å². The van der Waals surface area contributed by atoms with E-state index >= 15 is 0 Å². The predicted octanol–water partition coefficient (Wildman–Crippen LogP) is 3.08. The zero-order valence-electron chi connectivity index (χ0n) is 15.7. The van der Waals surface area contributed by atoms with E-state index in [9.17, 15) is 4.79 Å². The van der Waals surface area contributed by atoms with Gasteiger partial charge < -0.3 is 14.8 Å². The number of nitrogens with zero attached hydrogens (tertiary/aromatic N) is 1. The van der Waals surface area contributed by atoms with Gasteiger partial charge in [-0.1, -0.05) is 30.3 Å². The molecule has 1 heterocycles. The summed E-state index contributed by atoms with van der Waals surface area (Å²) < 4.78 is 11.2. The predicted molar refractivity (Wildman–Crippen MR) is 104 cm³/mol. The number of benzene rings is 2. The van der Waals surface area contributed by atoms with E-state index < -0.39 is 0 Å². The van der Waals surface area contributed by atoms with Crippen LogP contribution in [0.4, 0.5) is 0 Å². The van der Waals surface area contributed by atoms with Gasteiger partial charge in [0.25, 0.3) is 0 Å². The molecule has 2 aliphatic rings. The maximum absolute atomic E-state index is 12.6. The zero-order chi connectivity index (χ0) is 18.6. The Bertz CT molecular complexity index is 821. The summed E-state index contributed by atoms with van der Waals surface area (Å²) in [6.45, 7) is 2.23. The van der Waals surface area contributed by atoms with Crippen LogP contribution < -0.4 is 14.8 Å². The van der Waals surface area contributed by atoms with Crippen molar-refractivity contribution >= 4 is 5.91 Å². The lowest BCUT2D eigenvalue weighted by atomic mass is 9.88. The summed E-state index contributed by atoms with van der Waals surface area (Å²) in [5.74, 6) is 1.65. The van der Waals surface area contributed by atoms with Crippen molar-refractivity contribution in [3.63, 3.8) is 0 Å². The van der Waals surface area contributed by atoms with Crippen molar-refractivity contribution < 1.29 is 14.3 Å². The molecule has 1 amide bonds. The Labute approximate surface area is 160 Å². The average molecular weight is 366 g/mol. The molecule has 0 bridgehead atoms. The molecule has 0 saturated carbocycles. The Morgan fingerprint density at radius 2 is 1.96 bits per heavy atom. The summed E-state index contributed by atoms with van der Waals surface area (Å²) in [5.41, 5.74) is 3.74. The third-order valence-electron chi connectivity index (χ3n) is 5.18. The SMILES string of the molecule is CN(CC(=O)NC1CCCc2ccccc21)Cc1ccc2c(c1)OCCO2. The minimum Gasteiger partial charge on any atom is -0.486 e. The number of aryl methyl sites for hydroxylation is 1.